The number of hydrogen-bond acceptors (Lipinski definition) is 3. The van der Waals surface area contributed by atoms with E-state index in [4.69, 9.17) is 5.11 Å². The Morgan fingerprint density at radius 2 is 2.20 bits per heavy atom. The van der Waals surface area contributed by atoms with Crippen LogP contribution in [-0.2, 0) is 0 Å². The van der Waals surface area contributed by atoms with E-state index in [0.29, 0.717) is 11.4 Å². The SMILES string of the molecule is O=C(Nc1ccccn1)c1cc(F)ccc1C#CCO. The van der Waals surface area contributed by atoms with Crippen molar-refractivity contribution in [2.45, 2.75) is 0 Å². The van der Waals surface area contributed by atoms with Crippen LogP contribution in [0.15, 0.2) is 42.6 Å². The normalized spacial score (nSPS) is 9.50. The number of halogens is 1. The molecule has 1 aromatic carbocycles. The smallest absolute Gasteiger partial charge is 0.258 e. The van der Waals surface area contributed by atoms with Gasteiger partial charge in [0.2, 0.25) is 0 Å². The van der Waals surface area contributed by atoms with Crippen LogP contribution in [0.4, 0.5) is 10.2 Å². The number of carbonyl (C=O) groups excluding carboxylic acids is 1. The summed E-state index contributed by atoms with van der Waals surface area (Å²) in [6.07, 6.45) is 1.54. The summed E-state index contributed by atoms with van der Waals surface area (Å²) in [5.74, 6) is 4.36. The van der Waals surface area contributed by atoms with Crippen LogP contribution >= 0.6 is 0 Å². The van der Waals surface area contributed by atoms with Gasteiger partial charge < -0.3 is 10.4 Å². The lowest BCUT2D eigenvalue weighted by molar-refractivity contribution is 0.102. The zero-order chi connectivity index (χ0) is 14.4. The minimum Gasteiger partial charge on any atom is -0.384 e. The van der Waals surface area contributed by atoms with Gasteiger partial charge in [0.25, 0.3) is 5.91 Å². The Hall–Kier alpha value is -2.71. The molecule has 2 aromatic rings. The zero-order valence-electron chi connectivity index (χ0n) is 10.4. The fraction of sp³-hybridized carbons (Fsp3) is 0.0667. The van der Waals surface area contributed by atoms with Crippen molar-refractivity contribution in [1.29, 1.82) is 0 Å². The highest BCUT2D eigenvalue weighted by Gasteiger charge is 2.12. The highest BCUT2D eigenvalue weighted by Crippen LogP contribution is 2.13. The molecule has 0 radical (unpaired) electrons. The lowest BCUT2D eigenvalue weighted by Crippen LogP contribution is -2.14. The minimum absolute atomic E-state index is 0.0941. The summed E-state index contributed by atoms with van der Waals surface area (Å²) in [7, 11) is 0. The lowest BCUT2D eigenvalue weighted by atomic mass is 10.1. The summed E-state index contributed by atoms with van der Waals surface area (Å²) in [6.45, 7) is -0.335. The molecule has 0 aliphatic carbocycles. The monoisotopic (exact) mass is 270 g/mol. The zero-order valence-corrected chi connectivity index (χ0v) is 10.4. The molecule has 0 atom stereocenters. The van der Waals surface area contributed by atoms with Crippen LogP contribution in [0.1, 0.15) is 15.9 Å². The van der Waals surface area contributed by atoms with Crippen LogP contribution in [0.25, 0.3) is 0 Å². The summed E-state index contributed by atoms with van der Waals surface area (Å²) in [5, 5.41) is 11.2. The highest BCUT2D eigenvalue weighted by atomic mass is 19.1. The maximum absolute atomic E-state index is 13.3. The quantitative estimate of drug-likeness (QED) is 0.818. The van der Waals surface area contributed by atoms with Crippen LogP contribution in [0.5, 0.6) is 0 Å². The van der Waals surface area contributed by atoms with Crippen molar-refractivity contribution >= 4 is 11.7 Å². The van der Waals surface area contributed by atoms with E-state index in [1.165, 1.54) is 18.3 Å². The number of pyridine rings is 1. The largest absolute Gasteiger partial charge is 0.384 e. The van der Waals surface area contributed by atoms with Gasteiger partial charge in [-0.25, -0.2) is 9.37 Å². The van der Waals surface area contributed by atoms with Gasteiger partial charge in [-0.3, -0.25) is 4.79 Å². The highest BCUT2D eigenvalue weighted by molar-refractivity contribution is 6.05. The van der Waals surface area contributed by atoms with E-state index in [1.807, 2.05) is 0 Å². The average Bonchev–Trinajstić information content (AvgIpc) is 2.47. The van der Waals surface area contributed by atoms with Gasteiger partial charge >= 0.3 is 0 Å². The molecule has 0 bridgehead atoms. The Balaban J connectivity index is 2.31. The Kier molecular flexibility index (Phi) is 4.43. The van der Waals surface area contributed by atoms with Crippen LogP contribution in [0, 0.1) is 17.7 Å². The summed E-state index contributed by atoms with van der Waals surface area (Å²) in [4.78, 5) is 16.1. The van der Waals surface area contributed by atoms with E-state index in [2.05, 4.69) is 22.1 Å². The number of aliphatic hydroxyl groups is 1. The maximum Gasteiger partial charge on any atom is 0.258 e. The lowest BCUT2D eigenvalue weighted by Gasteiger charge is -2.06. The number of benzene rings is 1. The number of nitrogens with one attached hydrogen (secondary N) is 1. The second-order valence-electron chi connectivity index (χ2n) is 3.82. The molecular weight excluding hydrogens is 259 g/mol. The van der Waals surface area contributed by atoms with Crippen molar-refractivity contribution in [3.05, 3.63) is 59.5 Å². The van der Waals surface area contributed by atoms with E-state index < -0.39 is 11.7 Å². The number of carbonyl (C=O) groups is 1. The Morgan fingerprint density at radius 3 is 2.90 bits per heavy atom. The molecule has 4 nitrogen and oxygen atoms in total. The van der Waals surface area contributed by atoms with Gasteiger partial charge in [0.05, 0.1) is 5.56 Å². The van der Waals surface area contributed by atoms with Gasteiger partial charge in [0, 0.05) is 11.8 Å². The van der Waals surface area contributed by atoms with Crippen LogP contribution in [-0.4, -0.2) is 22.6 Å². The fourth-order valence-corrected chi connectivity index (χ4v) is 1.57. The molecule has 1 aromatic heterocycles. The van der Waals surface area contributed by atoms with E-state index >= 15 is 0 Å². The minimum atomic E-state index is -0.536. The molecule has 0 saturated heterocycles. The third-order valence-corrected chi connectivity index (χ3v) is 2.43. The molecule has 2 N–H and O–H groups in total. The Bertz CT molecular complexity index is 675. The van der Waals surface area contributed by atoms with E-state index in [0.717, 1.165) is 6.07 Å². The Labute approximate surface area is 115 Å². The van der Waals surface area contributed by atoms with Crippen LogP contribution in [0.2, 0.25) is 0 Å². The molecule has 1 amide bonds. The number of aromatic nitrogens is 1. The number of amides is 1. The van der Waals surface area contributed by atoms with Gasteiger partial charge in [-0.15, -0.1) is 0 Å². The van der Waals surface area contributed by atoms with E-state index in [9.17, 15) is 9.18 Å². The molecule has 0 unspecified atom stereocenters. The number of anilines is 1. The second-order valence-corrected chi connectivity index (χ2v) is 3.82. The number of hydrogen-bond donors (Lipinski definition) is 2. The third kappa shape index (κ3) is 3.40. The first-order valence-electron chi connectivity index (χ1n) is 5.82. The van der Waals surface area contributed by atoms with Crippen molar-refractivity contribution in [2.24, 2.45) is 0 Å². The average molecular weight is 270 g/mol. The fourth-order valence-electron chi connectivity index (χ4n) is 1.57. The second kappa shape index (κ2) is 6.45. The molecule has 0 spiro atoms. The van der Waals surface area contributed by atoms with Gasteiger partial charge in [-0.1, -0.05) is 17.9 Å². The molecular formula is C15H11FN2O2. The topological polar surface area (TPSA) is 62.2 Å². The first kappa shape index (κ1) is 13.7. The Morgan fingerprint density at radius 1 is 1.35 bits per heavy atom. The summed E-state index contributed by atoms with van der Waals surface area (Å²) >= 11 is 0. The molecule has 0 saturated carbocycles. The van der Waals surface area contributed by atoms with Gasteiger partial charge in [-0.05, 0) is 30.3 Å². The van der Waals surface area contributed by atoms with E-state index in [1.54, 1.807) is 18.2 Å². The molecule has 0 fully saturated rings. The first-order valence-corrected chi connectivity index (χ1v) is 5.82. The van der Waals surface area contributed by atoms with Crippen molar-refractivity contribution < 1.29 is 14.3 Å². The standard InChI is InChI=1S/C15H11FN2O2/c16-12-7-6-11(4-3-9-19)13(10-12)15(20)18-14-5-1-2-8-17-14/h1-2,5-8,10,19H,9H2,(H,17,18,20). The van der Waals surface area contributed by atoms with Crippen LogP contribution < -0.4 is 5.32 Å². The third-order valence-electron chi connectivity index (χ3n) is 2.43. The number of rotatable bonds is 2. The first-order chi connectivity index (χ1) is 9.70. The van der Waals surface area contributed by atoms with Crippen molar-refractivity contribution in [1.82, 2.24) is 4.98 Å². The molecule has 100 valence electrons. The summed E-state index contributed by atoms with van der Waals surface area (Å²) in [5.41, 5.74) is 0.436. The predicted molar refractivity (Wildman–Crippen MR) is 72.6 cm³/mol. The molecule has 20 heavy (non-hydrogen) atoms. The van der Waals surface area contributed by atoms with Crippen LogP contribution in [0.3, 0.4) is 0 Å². The number of aliphatic hydroxyl groups excluding tert-OH is 1. The molecule has 0 aliphatic heterocycles. The summed E-state index contributed by atoms with van der Waals surface area (Å²) < 4.78 is 13.3. The molecule has 0 aliphatic rings. The van der Waals surface area contributed by atoms with Crippen molar-refractivity contribution in [2.75, 3.05) is 11.9 Å². The van der Waals surface area contributed by atoms with Gasteiger partial charge in [0.1, 0.15) is 18.2 Å². The number of nitrogens with zero attached hydrogens (tertiary/aromatic N) is 1. The van der Waals surface area contributed by atoms with Crippen molar-refractivity contribution in [3.63, 3.8) is 0 Å². The van der Waals surface area contributed by atoms with Gasteiger partial charge in [0.15, 0.2) is 0 Å². The van der Waals surface area contributed by atoms with E-state index in [-0.39, 0.29) is 12.2 Å². The van der Waals surface area contributed by atoms with Crippen molar-refractivity contribution in [3.8, 4) is 11.8 Å². The molecule has 2 rings (SSSR count). The predicted octanol–water partition coefficient (Wildman–Crippen LogP) is 1.82. The van der Waals surface area contributed by atoms with Gasteiger partial charge in [-0.2, -0.15) is 0 Å². The molecule has 1 heterocycles. The molecule has 5 heteroatoms. The maximum atomic E-state index is 13.3. The summed E-state index contributed by atoms with van der Waals surface area (Å²) in [6, 6.07) is 8.76.